The van der Waals surface area contributed by atoms with Crippen LogP contribution in [0, 0.1) is 5.82 Å². The molecular formula is C25H29FN4O5. The van der Waals surface area contributed by atoms with E-state index in [-0.39, 0.29) is 42.0 Å². The molecule has 35 heavy (non-hydrogen) atoms. The van der Waals surface area contributed by atoms with Crippen molar-refractivity contribution in [1.29, 1.82) is 0 Å². The molecule has 3 amide bonds. The fraction of sp³-hybridized carbons (Fsp3) is 0.400. The SMILES string of the molecule is CCOC(=O)C1=C(CN2CCN(C(=O)c3ccco3)[C@@H](C)C2)N(C)C(=O)N[C@H]1c1ccccc1F. The van der Waals surface area contributed by atoms with Crippen molar-refractivity contribution in [3.05, 3.63) is 71.1 Å². The second-order valence-electron chi connectivity index (χ2n) is 8.60. The van der Waals surface area contributed by atoms with E-state index < -0.39 is 23.9 Å². The third-order valence-electron chi connectivity index (χ3n) is 6.37. The maximum Gasteiger partial charge on any atom is 0.338 e. The number of esters is 1. The lowest BCUT2D eigenvalue weighted by Gasteiger charge is -2.42. The third-order valence-corrected chi connectivity index (χ3v) is 6.37. The normalized spacial score (nSPS) is 21.2. The van der Waals surface area contributed by atoms with Gasteiger partial charge in [-0.1, -0.05) is 18.2 Å². The molecule has 2 aromatic rings. The average Bonchev–Trinajstić information content (AvgIpc) is 3.37. The van der Waals surface area contributed by atoms with E-state index in [1.165, 1.54) is 17.2 Å². The smallest absolute Gasteiger partial charge is 0.338 e. The molecule has 0 radical (unpaired) electrons. The van der Waals surface area contributed by atoms with Crippen LogP contribution in [0.2, 0.25) is 0 Å². The molecule has 3 heterocycles. The van der Waals surface area contributed by atoms with Crippen LogP contribution in [0.25, 0.3) is 0 Å². The van der Waals surface area contributed by atoms with Crippen molar-refractivity contribution in [1.82, 2.24) is 20.0 Å². The molecule has 0 unspecified atom stereocenters. The summed E-state index contributed by atoms with van der Waals surface area (Å²) in [5.74, 6) is -1.03. The maximum absolute atomic E-state index is 14.7. The highest BCUT2D eigenvalue weighted by atomic mass is 19.1. The topological polar surface area (TPSA) is 95.3 Å². The van der Waals surface area contributed by atoms with Crippen molar-refractivity contribution < 1.29 is 27.9 Å². The van der Waals surface area contributed by atoms with E-state index in [2.05, 4.69) is 10.2 Å². The lowest BCUT2D eigenvalue weighted by atomic mass is 9.93. The van der Waals surface area contributed by atoms with Crippen LogP contribution in [0.3, 0.4) is 0 Å². The Labute approximate surface area is 203 Å². The summed E-state index contributed by atoms with van der Waals surface area (Å²) in [5.41, 5.74) is 0.830. The number of ether oxygens (including phenoxy) is 1. The van der Waals surface area contributed by atoms with Gasteiger partial charge in [-0.2, -0.15) is 0 Å². The first-order valence-electron chi connectivity index (χ1n) is 11.6. The van der Waals surface area contributed by atoms with Crippen LogP contribution >= 0.6 is 0 Å². The summed E-state index contributed by atoms with van der Waals surface area (Å²) in [5, 5.41) is 2.73. The average molecular weight is 485 g/mol. The molecule has 2 atom stereocenters. The number of rotatable bonds is 6. The molecule has 1 fully saturated rings. The quantitative estimate of drug-likeness (QED) is 0.634. The van der Waals surface area contributed by atoms with Crippen molar-refractivity contribution in [3.8, 4) is 0 Å². The molecule has 186 valence electrons. The molecule has 1 saturated heterocycles. The number of furan rings is 1. The summed E-state index contributed by atoms with van der Waals surface area (Å²) in [6.45, 7) is 5.53. The maximum atomic E-state index is 14.7. The number of carbonyl (C=O) groups is 3. The van der Waals surface area contributed by atoms with Crippen LogP contribution in [0.1, 0.15) is 36.0 Å². The Morgan fingerprint density at radius 3 is 2.63 bits per heavy atom. The van der Waals surface area contributed by atoms with Crippen molar-refractivity contribution in [3.63, 3.8) is 0 Å². The van der Waals surface area contributed by atoms with Gasteiger partial charge in [-0.05, 0) is 32.0 Å². The van der Waals surface area contributed by atoms with Crippen LogP contribution in [-0.4, -0.2) is 78.5 Å². The highest BCUT2D eigenvalue weighted by molar-refractivity contribution is 5.95. The predicted molar refractivity (Wildman–Crippen MR) is 125 cm³/mol. The highest BCUT2D eigenvalue weighted by Crippen LogP contribution is 2.33. The Kier molecular flexibility index (Phi) is 7.20. The summed E-state index contributed by atoms with van der Waals surface area (Å²) in [6, 6.07) is 7.80. The van der Waals surface area contributed by atoms with Crippen molar-refractivity contribution in [2.75, 3.05) is 39.8 Å². The zero-order valence-electron chi connectivity index (χ0n) is 20.0. The lowest BCUT2D eigenvalue weighted by Crippen LogP contribution is -2.56. The standard InChI is InChI=1S/C25H29FN4O5/c1-4-34-24(32)21-19(28(3)25(33)27-22(21)17-8-5-6-9-18(17)26)15-29-11-12-30(16(2)14-29)23(31)20-10-7-13-35-20/h5-10,13,16,22H,4,11-12,14-15H2,1-3H3,(H,27,33)/t16-,22-/m0/s1. The van der Waals surface area contributed by atoms with E-state index >= 15 is 0 Å². The Bertz CT molecular complexity index is 1130. The summed E-state index contributed by atoms with van der Waals surface area (Å²) in [4.78, 5) is 43.8. The molecule has 10 heteroatoms. The first kappa shape index (κ1) is 24.5. The van der Waals surface area contributed by atoms with E-state index in [0.29, 0.717) is 25.3 Å². The molecule has 9 nitrogen and oxygen atoms in total. The van der Waals surface area contributed by atoms with Gasteiger partial charge in [-0.25, -0.2) is 14.0 Å². The Balaban J connectivity index is 1.62. The number of hydrogen-bond donors (Lipinski definition) is 1. The van der Waals surface area contributed by atoms with Crippen LogP contribution in [0.4, 0.5) is 9.18 Å². The van der Waals surface area contributed by atoms with Crippen LogP contribution in [-0.2, 0) is 9.53 Å². The minimum atomic E-state index is -0.979. The van der Waals surface area contributed by atoms with Gasteiger partial charge in [0.2, 0.25) is 0 Å². The monoisotopic (exact) mass is 484 g/mol. The summed E-state index contributed by atoms with van der Waals surface area (Å²) >= 11 is 0. The molecule has 2 aliphatic heterocycles. The first-order valence-corrected chi connectivity index (χ1v) is 11.6. The number of hydrogen-bond acceptors (Lipinski definition) is 6. The van der Waals surface area contributed by atoms with Crippen LogP contribution < -0.4 is 5.32 Å². The van der Waals surface area contributed by atoms with Crippen LogP contribution in [0.15, 0.2) is 58.3 Å². The van der Waals surface area contributed by atoms with Gasteiger partial charge >= 0.3 is 12.0 Å². The molecule has 1 N–H and O–H groups in total. The van der Waals surface area contributed by atoms with E-state index in [9.17, 15) is 18.8 Å². The number of likely N-dealkylation sites (N-methyl/N-ethyl adjacent to an activating group) is 1. The minimum absolute atomic E-state index is 0.127. The zero-order chi connectivity index (χ0) is 25.1. The molecule has 1 aromatic carbocycles. The lowest BCUT2D eigenvalue weighted by molar-refractivity contribution is -0.139. The number of nitrogens with one attached hydrogen (secondary N) is 1. The van der Waals surface area contributed by atoms with Crippen LogP contribution in [0.5, 0.6) is 0 Å². The number of amides is 3. The molecule has 1 aromatic heterocycles. The van der Waals surface area contributed by atoms with Crippen molar-refractivity contribution in [2.45, 2.75) is 25.9 Å². The molecule has 4 rings (SSSR count). The molecule has 2 aliphatic rings. The molecule has 0 saturated carbocycles. The van der Waals surface area contributed by atoms with Gasteiger partial charge in [-0.3, -0.25) is 14.6 Å². The Hall–Kier alpha value is -3.66. The van der Waals surface area contributed by atoms with E-state index in [1.54, 1.807) is 49.2 Å². The second kappa shape index (κ2) is 10.3. The summed E-state index contributed by atoms with van der Waals surface area (Å²) in [6.07, 6.45) is 1.47. The third kappa shape index (κ3) is 4.93. The van der Waals surface area contributed by atoms with Gasteiger partial charge < -0.3 is 19.4 Å². The highest BCUT2D eigenvalue weighted by Gasteiger charge is 2.39. The zero-order valence-corrected chi connectivity index (χ0v) is 20.0. The number of piperazine rings is 1. The fourth-order valence-corrected chi connectivity index (χ4v) is 4.57. The van der Waals surface area contributed by atoms with E-state index in [4.69, 9.17) is 9.15 Å². The second-order valence-corrected chi connectivity index (χ2v) is 8.60. The first-order chi connectivity index (χ1) is 16.8. The van der Waals surface area contributed by atoms with Gasteiger partial charge in [-0.15, -0.1) is 0 Å². The van der Waals surface area contributed by atoms with Gasteiger partial charge in [0.15, 0.2) is 5.76 Å². The van der Waals surface area contributed by atoms with Gasteiger partial charge in [0, 0.05) is 50.5 Å². The predicted octanol–water partition coefficient (Wildman–Crippen LogP) is 2.78. The van der Waals surface area contributed by atoms with Gasteiger partial charge in [0.25, 0.3) is 5.91 Å². The Morgan fingerprint density at radius 1 is 1.20 bits per heavy atom. The van der Waals surface area contributed by atoms with Gasteiger partial charge in [0.1, 0.15) is 5.82 Å². The number of nitrogens with zero attached hydrogens (tertiary/aromatic N) is 3. The molecule has 0 bridgehead atoms. The fourth-order valence-electron chi connectivity index (χ4n) is 4.57. The number of carbonyl (C=O) groups excluding carboxylic acids is 3. The summed E-state index contributed by atoms with van der Waals surface area (Å²) in [7, 11) is 1.57. The molecule has 0 aliphatic carbocycles. The van der Waals surface area contributed by atoms with Crippen molar-refractivity contribution >= 4 is 17.9 Å². The molecular weight excluding hydrogens is 455 g/mol. The van der Waals surface area contributed by atoms with E-state index in [0.717, 1.165) is 0 Å². The largest absolute Gasteiger partial charge is 0.463 e. The van der Waals surface area contributed by atoms with Gasteiger partial charge in [0.05, 0.1) is 24.5 Å². The van der Waals surface area contributed by atoms with Crippen molar-refractivity contribution in [2.24, 2.45) is 0 Å². The number of urea groups is 1. The minimum Gasteiger partial charge on any atom is -0.463 e. The Morgan fingerprint density at radius 2 is 1.97 bits per heavy atom. The molecule has 0 spiro atoms. The summed E-state index contributed by atoms with van der Waals surface area (Å²) < 4.78 is 25.3. The van der Waals surface area contributed by atoms with E-state index in [1.807, 2.05) is 6.92 Å². The number of benzene rings is 1. The number of halogens is 1.